The molecule has 2 heteroatoms. The summed E-state index contributed by atoms with van der Waals surface area (Å²) >= 11 is 0. The van der Waals surface area contributed by atoms with Crippen LogP contribution in [0, 0.1) is 0 Å². The number of allylic oxidation sites excluding steroid dienone is 2. The third-order valence-corrected chi connectivity index (χ3v) is 3.48. The van der Waals surface area contributed by atoms with E-state index in [1.165, 1.54) is 0 Å². The monoisotopic (exact) mass is 190 g/mol. The lowest BCUT2D eigenvalue weighted by atomic mass is 10.4. The highest BCUT2D eigenvalue weighted by Gasteiger charge is 2.13. The van der Waals surface area contributed by atoms with E-state index in [0.717, 1.165) is 4.90 Å². The molecule has 0 N–H and O–H groups in total. The molecule has 0 heterocycles. The first kappa shape index (κ1) is 8.45. The predicted octanol–water partition coefficient (Wildman–Crippen LogP) is 2.29. The first-order chi connectivity index (χ1) is 6.38. The van der Waals surface area contributed by atoms with Crippen molar-refractivity contribution in [3.05, 3.63) is 54.6 Å². The largest absolute Gasteiger partial charge is 0.253 e. The zero-order valence-corrected chi connectivity index (χ0v) is 7.91. The van der Waals surface area contributed by atoms with E-state index in [-0.39, 0.29) is 5.25 Å². The number of benzene rings is 1. The molecule has 0 saturated carbocycles. The summed E-state index contributed by atoms with van der Waals surface area (Å²) in [6.07, 6.45) is 7.79. The summed E-state index contributed by atoms with van der Waals surface area (Å²) in [5, 5.41) is 0.0578. The van der Waals surface area contributed by atoms with Gasteiger partial charge in [0.1, 0.15) is 0 Å². The van der Waals surface area contributed by atoms with Gasteiger partial charge in [0.25, 0.3) is 0 Å². The van der Waals surface area contributed by atoms with E-state index >= 15 is 0 Å². The highest BCUT2D eigenvalue weighted by atomic mass is 32.2. The number of rotatable bonds is 2. The summed E-state index contributed by atoms with van der Waals surface area (Å²) in [7, 11) is -0.932. The van der Waals surface area contributed by atoms with E-state index in [4.69, 9.17) is 0 Å². The molecule has 0 aliphatic heterocycles. The van der Waals surface area contributed by atoms with Gasteiger partial charge in [-0.15, -0.1) is 0 Å². The molecule has 0 saturated heterocycles. The van der Waals surface area contributed by atoms with Gasteiger partial charge < -0.3 is 0 Å². The topological polar surface area (TPSA) is 17.1 Å². The molecule has 1 atom stereocenters. The standard InChI is InChI=1S/C11H10OS/c12-13(11-8-4-5-9-11)10-6-2-1-3-7-10/h1-9,11H. The van der Waals surface area contributed by atoms with Crippen LogP contribution in [0.5, 0.6) is 0 Å². The minimum atomic E-state index is -0.932. The second kappa shape index (κ2) is 3.71. The minimum absolute atomic E-state index is 0.0578. The highest BCUT2D eigenvalue weighted by molar-refractivity contribution is 7.86. The van der Waals surface area contributed by atoms with Gasteiger partial charge in [0.2, 0.25) is 0 Å². The van der Waals surface area contributed by atoms with Gasteiger partial charge in [-0.05, 0) is 12.1 Å². The van der Waals surface area contributed by atoms with Gasteiger partial charge >= 0.3 is 0 Å². The first-order valence-electron chi connectivity index (χ1n) is 4.18. The molecule has 0 aromatic heterocycles. The van der Waals surface area contributed by atoms with Crippen LogP contribution in [0.2, 0.25) is 0 Å². The lowest BCUT2D eigenvalue weighted by Gasteiger charge is -2.04. The average molecular weight is 190 g/mol. The summed E-state index contributed by atoms with van der Waals surface area (Å²) in [5.41, 5.74) is 0. The first-order valence-corrected chi connectivity index (χ1v) is 5.40. The Morgan fingerprint density at radius 1 is 1.00 bits per heavy atom. The summed E-state index contributed by atoms with van der Waals surface area (Å²) in [6.45, 7) is 0. The highest BCUT2D eigenvalue weighted by Crippen LogP contribution is 2.15. The van der Waals surface area contributed by atoms with Crippen LogP contribution in [-0.4, -0.2) is 9.46 Å². The quantitative estimate of drug-likeness (QED) is 0.699. The van der Waals surface area contributed by atoms with Crippen molar-refractivity contribution in [3.63, 3.8) is 0 Å². The van der Waals surface area contributed by atoms with Crippen LogP contribution in [0.3, 0.4) is 0 Å². The van der Waals surface area contributed by atoms with Gasteiger partial charge in [-0.25, -0.2) is 0 Å². The van der Waals surface area contributed by atoms with Crippen molar-refractivity contribution in [1.82, 2.24) is 0 Å². The number of hydrogen-bond donors (Lipinski definition) is 0. The molecule has 0 spiro atoms. The second-order valence-electron chi connectivity index (χ2n) is 2.84. The third-order valence-electron chi connectivity index (χ3n) is 1.94. The van der Waals surface area contributed by atoms with Gasteiger partial charge in [0.05, 0.1) is 16.0 Å². The minimum Gasteiger partial charge on any atom is -0.253 e. The molecular formula is C11H10OS. The number of hydrogen-bond acceptors (Lipinski definition) is 1. The molecule has 0 radical (unpaired) electrons. The van der Waals surface area contributed by atoms with Crippen molar-refractivity contribution in [1.29, 1.82) is 0 Å². The fourth-order valence-electron chi connectivity index (χ4n) is 1.27. The van der Waals surface area contributed by atoms with Gasteiger partial charge in [-0.3, -0.25) is 4.21 Å². The molecule has 1 aliphatic carbocycles. The maximum atomic E-state index is 11.9. The smallest absolute Gasteiger partial charge is 0.0761 e. The van der Waals surface area contributed by atoms with E-state index in [1.807, 2.05) is 54.6 Å². The van der Waals surface area contributed by atoms with Gasteiger partial charge in [-0.1, -0.05) is 42.5 Å². The Kier molecular flexibility index (Phi) is 2.41. The lowest BCUT2D eigenvalue weighted by molar-refractivity contribution is 0.682. The predicted molar refractivity (Wildman–Crippen MR) is 54.9 cm³/mol. The van der Waals surface area contributed by atoms with E-state index < -0.39 is 10.8 Å². The van der Waals surface area contributed by atoms with Crippen molar-refractivity contribution in [2.45, 2.75) is 10.1 Å². The van der Waals surface area contributed by atoms with E-state index in [9.17, 15) is 4.21 Å². The maximum Gasteiger partial charge on any atom is 0.0761 e. The molecule has 0 amide bonds. The molecule has 0 bridgehead atoms. The molecule has 0 fully saturated rings. The molecule has 2 rings (SSSR count). The molecule has 13 heavy (non-hydrogen) atoms. The van der Waals surface area contributed by atoms with Crippen LogP contribution in [0.15, 0.2) is 59.5 Å². The van der Waals surface area contributed by atoms with Crippen LogP contribution in [0.25, 0.3) is 0 Å². The second-order valence-corrected chi connectivity index (χ2v) is 4.46. The summed E-state index contributed by atoms with van der Waals surface area (Å²) in [6, 6.07) is 9.55. The van der Waals surface area contributed by atoms with Gasteiger partial charge in [0, 0.05) is 4.90 Å². The Hall–Kier alpha value is -1.15. The Labute approximate surface area is 80.2 Å². The molecule has 66 valence electrons. The van der Waals surface area contributed by atoms with Crippen molar-refractivity contribution >= 4 is 10.8 Å². The fraction of sp³-hybridized carbons (Fsp3) is 0.0909. The Balaban J connectivity index is 2.23. The zero-order chi connectivity index (χ0) is 9.10. The van der Waals surface area contributed by atoms with Gasteiger partial charge in [-0.2, -0.15) is 0 Å². The SMILES string of the molecule is O=S(c1ccccc1)C1C=CC=C1. The van der Waals surface area contributed by atoms with Crippen molar-refractivity contribution in [3.8, 4) is 0 Å². The van der Waals surface area contributed by atoms with Crippen LogP contribution in [-0.2, 0) is 10.8 Å². The molecule has 1 unspecified atom stereocenters. The Bertz CT molecular complexity index is 353. The van der Waals surface area contributed by atoms with Crippen molar-refractivity contribution < 1.29 is 4.21 Å². The maximum absolute atomic E-state index is 11.9. The van der Waals surface area contributed by atoms with Crippen LogP contribution >= 0.6 is 0 Å². The third kappa shape index (κ3) is 1.78. The van der Waals surface area contributed by atoms with Crippen LogP contribution in [0.1, 0.15) is 0 Å². The summed E-state index contributed by atoms with van der Waals surface area (Å²) in [5.74, 6) is 0. The van der Waals surface area contributed by atoms with Crippen LogP contribution < -0.4 is 0 Å². The average Bonchev–Trinajstić information content (AvgIpc) is 2.71. The summed E-state index contributed by atoms with van der Waals surface area (Å²) < 4.78 is 11.9. The molecule has 1 aromatic rings. The molecular weight excluding hydrogens is 180 g/mol. The molecule has 1 aliphatic rings. The Morgan fingerprint density at radius 3 is 2.23 bits per heavy atom. The Morgan fingerprint density at radius 2 is 1.62 bits per heavy atom. The van der Waals surface area contributed by atoms with Crippen molar-refractivity contribution in [2.75, 3.05) is 0 Å². The zero-order valence-electron chi connectivity index (χ0n) is 7.09. The van der Waals surface area contributed by atoms with Crippen LogP contribution in [0.4, 0.5) is 0 Å². The van der Waals surface area contributed by atoms with E-state index in [0.29, 0.717) is 0 Å². The van der Waals surface area contributed by atoms with Gasteiger partial charge in [0.15, 0.2) is 0 Å². The normalized spacial score (nSPS) is 17.8. The van der Waals surface area contributed by atoms with Crippen molar-refractivity contribution in [2.24, 2.45) is 0 Å². The fourth-order valence-corrected chi connectivity index (χ4v) is 2.47. The summed E-state index contributed by atoms with van der Waals surface area (Å²) in [4.78, 5) is 0.892. The molecule has 1 aromatic carbocycles. The lowest BCUT2D eigenvalue weighted by Crippen LogP contribution is -2.07. The van der Waals surface area contributed by atoms with E-state index in [2.05, 4.69) is 0 Å². The molecule has 1 nitrogen and oxygen atoms in total. The van der Waals surface area contributed by atoms with E-state index in [1.54, 1.807) is 0 Å².